The van der Waals surface area contributed by atoms with Crippen LogP contribution in [0.3, 0.4) is 0 Å². The van der Waals surface area contributed by atoms with Gasteiger partial charge in [0, 0.05) is 56.4 Å². The van der Waals surface area contributed by atoms with Gasteiger partial charge in [-0.25, -0.2) is 9.97 Å². The van der Waals surface area contributed by atoms with Crippen molar-refractivity contribution in [3.8, 4) is 44.5 Å². The molecule has 0 unspecified atom stereocenters. The van der Waals surface area contributed by atoms with E-state index in [2.05, 4.69) is 149 Å². The van der Waals surface area contributed by atoms with Gasteiger partial charge in [-0.15, -0.1) is 0 Å². The normalized spacial score (nSPS) is 20.7. The molecule has 3 N–H and O–H groups in total. The van der Waals surface area contributed by atoms with Crippen LogP contribution in [0, 0.1) is 23.2 Å². The maximum Gasteiger partial charge on any atom is 0.251 e. The summed E-state index contributed by atoms with van der Waals surface area (Å²) < 4.78 is 0. The molecule has 6 nitrogen and oxygen atoms in total. The Labute approximate surface area is 361 Å². The molecule has 4 fully saturated rings. The molecule has 4 aliphatic carbocycles. The Morgan fingerprint density at radius 2 is 0.806 bits per heavy atom. The smallest absolute Gasteiger partial charge is 0.251 e. The summed E-state index contributed by atoms with van der Waals surface area (Å²) in [6.07, 6.45) is 16.5. The fourth-order valence-electron chi connectivity index (χ4n) is 11.9. The highest BCUT2D eigenvalue weighted by Gasteiger charge is 2.50. The second-order valence-corrected chi connectivity index (χ2v) is 18.3. The van der Waals surface area contributed by atoms with Gasteiger partial charge in [-0.3, -0.25) is 4.79 Å². The predicted octanol–water partition coefficient (Wildman–Crippen LogP) is 13.3. The van der Waals surface area contributed by atoms with Crippen LogP contribution in [0.2, 0.25) is 0 Å². The summed E-state index contributed by atoms with van der Waals surface area (Å²) >= 11 is 0. The predicted molar refractivity (Wildman–Crippen MR) is 254 cm³/mol. The van der Waals surface area contributed by atoms with Crippen molar-refractivity contribution in [2.75, 3.05) is 6.54 Å². The Morgan fingerprint density at radius 3 is 1.16 bits per heavy atom. The van der Waals surface area contributed by atoms with Crippen molar-refractivity contribution in [1.82, 2.24) is 25.3 Å². The Kier molecular flexibility index (Phi) is 8.80. The molecule has 6 aliphatic rings. The van der Waals surface area contributed by atoms with Gasteiger partial charge in [-0.05, 0) is 145 Å². The number of rotatable bonds is 7. The third kappa shape index (κ3) is 6.53. The van der Waals surface area contributed by atoms with Crippen LogP contribution < -0.4 is 5.32 Å². The zero-order valence-electron chi connectivity index (χ0n) is 34.6. The van der Waals surface area contributed by atoms with Crippen molar-refractivity contribution >= 4 is 52.3 Å². The van der Waals surface area contributed by atoms with Gasteiger partial charge in [-0.1, -0.05) is 103 Å². The number of amides is 1. The average molecular weight is 806 g/mol. The number of H-pyrrole nitrogens is 2. The fraction of sp³-hybridized carbons (Fsp3) is 0.196. The number of aromatic nitrogens is 4. The number of fused-ring (bicyclic) bond motifs is 8. The van der Waals surface area contributed by atoms with E-state index in [1.165, 1.54) is 38.5 Å². The molecule has 0 radical (unpaired) electrons. The molecule has 4 saturated carbocycles. The third-order valence-electron chi connectivity index (χ3n) is 14.2. The van der Waals surface area contributed by atoms with Crippen LogP contribution in [0.1, 0.15) is 71.7 Å². The molecule has 0 atom stereocenters. The molecule has 0 spiro atoms. The molecular weight excluding hydrogens is 759 g/mol. The van der Waals surface area contributed by atoms with Crippen LogP contribution in [0.5, 0.6) is 0 Å². The summed E-state index contributed by atoms with van der Waals surface area (Å²) in [4.78, 5) is 32.3. The van der Waals surface area contributed by atoms with Gasteiger partial charge >= 0.3 is 0 Å². The van der Waals surface area contributed by atoms with Gasteiger partial charge in [0.2, 0.25) is 0 Å². The number of nitrogens with one attached hydrogen (secondary N) is 3. The van der Waals surface area contributed by atoms with Crippen LogP contribution in [0.15, 0.2) is 140 Å². The highest BCUT2D eigenvalue weighted by atomic mass is 16.1. The van der Waals surface area contributed by atoms with Crippen molar-refractivity contribution in [1.29, 1.82) is 0 Å². The molecule has 13 rings (SSSR count). The third-order valence-corrected chi connectivity index (χ3v) is 14.2. The molecule has 302 valence electrons. The Hall–Kier alpha value is -7.05. The highest BCUT2D eigenvalue weighted by molar-refractivity contribution is 6.00. The first-order chi connectivity index (χ1) is 30.5. The standard InChI is InChI=1S/C56H47N5O/c62-55(57-34-56-31-35-28-36(32-56)30-37(29-35)33-56)42-18-16-41(17-19-42)54-49-26-24-47(60-49)52(39-12-6-2-7-13-39)45-22-20-43(58-45)51(38-10-4-1-5-11-38)44-21-23-46(59-44)53(40-14-8-3-9-15-40)48-25-27-50(54)61-48/h1-27,35-37,58,61H,28-34H2,(H,57,62). The van der Waals surface area contributed by atoms with E-state index < -0.39 is 0 Å². The maximum atomic E-state index is 13.8. The van der Waals surface area contributed by atoms with Gasteiger partial charge in [0.15, 0.2) is 0 Å². The summed E-state index contributed by atoms with van der Waals surface area (Å²) in [5.41, 5.74) is 16.4. The first-order valence-electron chi connectivity index (χ1n) is 22.2. The van der Waals surface area contributed by atoms with Crippen molar-refractivity contribution in [2.45, 2.75) is 38.5 Å². The van der Waals surface area contributed by atoms with E-state index in [0.717, 1.165) is 114 Å². The van der Waals surface area contributed by atoms with E-state index in [-0.39, 0.29) is 11.3 Å². The van der Waals surface area contributed by atoms with Crippen LogP contribution in [-0.2, 0) is 0 Å². The quantitative estimate of drug-likeness (QED) is 0.150. The number of benzene rings is 4. The first kappa shape index (κ1) is 36.8. The summed E-state index contributed by atoms with van der Waals surface area (Å²) in [5.74, 6) is 2.58. The second-order valence-electron chi connectivity index (χ2n) is 18.3. The lowest BCUT2D eigenvalue weighted by molar-refractivity contribution is -0.0503. The van der Waals surface area contributed by atoms with Crippen LogP contribution in [0.25, 0.3) is 90.9 Å². The number of carbonyl (C=O) groups is 1. The zero-order valence-corrected chi connectivity index (χ0v) is 34.6. The molecule has 7 aromatic rings. The molecular formula is C56H47N5O. The minimum atomic E-state index is 0.00919. The lowest BCUT2D eigenvalue weighted by Crippen LogP contribution is -2.51. The topological polar surface area (TPSA) is 86.5 Å². The molecule has 62 heavy (non-hydrogen) atoms. The van der Waals surface area contributed by atoms with E-state index in [4.69, 9.17) is 9.97 Å². The van der Waals surface area contributed by atoms with Gasteiger partial charge in [0.05, 0.1) is 22.8 Å². The van der Waals surface area contributed by atoms with E-state index in [1.807, 2.05) is 30.3 Å². The molecule has 5 heterocycles. The Bertz CT molecular complexity index is 3030. The molecule has 2 aliphatic heterocycles. The van der Waals surface area contributed by atoms with Crippen molar-refractivity contribution < 1.29 is 4.79 Å². The van der Waals surface area contributed by atoms with Gasteiger partial charge in [0.25, 0.3) is 5.91 Å². The molecule has 3 aromatic heterocycles. The Balaban J connectivity index is 1.05. The monoisotopic (exact) mass is 805 g/mol. The minimum Gasteiger partial charge on any atom is -0.354 e. The van der Waals surface area contributed by atoms with E-state index in [1.54, 1.807) is 0 Å². The van der Waals surface area contributed by atoms with Crippen LogP contribution in [0.4, 0.5) is 0 Å². The van der Waals surface area contributed by atoms with E-state index >= 15 is 0 Å². The fourth-order valence-corrected chi connectivity index (χ4v) is 11.9. The molecule has 0 saturated heterocycles. The lowest BCUT2D eigenvalue weighted by Gasteiger charge is -2.56. The highest BCUT2D eigenvalue weighted by Crippen LogP contribution is 2.59. The lowest BCUT2D eigenvalue weighted by atomic mass is 9.49. The molecule has 6 heteroatoms. The molecule has 4 aromatic carbocycles. The summed E-state index contributed by atoms with van der Waals surface area (Å²) in [6, 6.07) is 48.2. The van der Waals surface area contributed by atoms with Crippen molar-refractivity contribution in [3.05, 3.63) is 168 Å². The summed E-state index contributed by atoms with van der Waals surface area (Å²) in [5, 5.41) is 3.40. The summed E-state index contributed by atoms with van der Waals surface area (Å²) in [7, 11) is 0. The number of hydrogen-bond acceptors (Lipinski definition) is 3. The Morgan fingerprint density at radius 1 is 0.468 bits per heavy atom. The second kappa shape index (κ2) is 14.8. The van der Waals surface area contributed by atoms with Gasteiger partial charge < -0.3 is 15.3 Å². The first-order valence-corrected chi connectivity index (χ1v) is 22.2. The van der Waals surface area contributed by atoms with Crippen molar-refractivity contribution in [3.63, 3.8) is 0 Å². The molecule has 1 amide bonds. The average Bonchev–Trinajstić information content (AvgIpc) is 4.15. The maximum absolute atomic E-state index is 13.8. The van der Waals surface area contributed by atoms with Gasteiger partial charge in [-0.2, -0.15) is 0 Å². The van der Waals surface area contributed by atoms with Crippen molar-refractivity contribution in [2.24, 2.45) is 23.2 Å². The van der Waals surface area contributed by atoms with Gasteiger partial charge in [0.1, 0.15) is 0 Å². The minimum absolute atomic E-state index is 0.00919. The largest absolute Gasteiger partial charge is 0.354 e. The number of aromatic amines is 2. The SMILES string of the molecule is O=C(NCC12CC3CC(CC(C3)C1)C2)c1ccc(-c2c3nc(c(-c4ccccc4)c4ccc([nH]4)c(-c4ccccc4)c4nc(c(-c5ccccc5)c5ccc2[nH]5)C=C4)C=C3)cc1. The van der Waals surface area contributed by atoms with E-state index in [0.29, 0.717) is 5.56 Å². The van der Waals surface area contributed by atoms with Crippen LogP contribution >= 0.6 is 0 Å². The number of carbonyl (C=O) groups excluding carboxylic acids is 1. The summed E-state index contributed by atoms with van der Waals surface area (Å²) in [6.45, 7) is 0.786. The number of nitrogens with zero attached hydrogens (tertiary/aromatic N) is 2. The molecule has 12 bridgehead atoms. The zero-order chi connectivity index (χ0) is 41.2. The van der Waals surface area contributed by atoms with Crippen LogP contribution in [-0.4, -0.2) is 32.4 Å². The number of hydrogen-bond donors (Lipinski definition) is 3. The van der Waals surface area contributed by atoms with E-state index in [9.17, 15) is 4.79 Å².